The van der Waals surface area contributed by atoms with Gasteiger partial charge in [-0.15, -0.1) is 24.0 Å². The van der Waals surface area contributed by atoms with E-state index in [2.05, 4.69) is 53.9 Å². The minimum atomic E-state index is 0. The monoisotopic (exact) mass is 481 g/mol. The van der Waals surface area contributed by atoms with E-state index in [0.717, 1.165) is 29.2 Å². The van der Waals surface area contributed by atoms with Crippen molar-refractivity contribution < 1.29 is 4.52 Å². The topological polar surface area (TPSA) is 58.6 Å². The van der Waals surface area contributed by atoms with Crippen LogP contribution in [0.2, 0.25) is 0 Å². The van der Waals surface area contributed by atoms with Crippen LogP contribution < -0.4 is 5.32 Å². The van der Waals surface area contributed by atoms with Crippen molar-refractivity contribution in [1.29, 1.82) is 0 Å². The highest BCUT2D eigenvalue weighted by atomic mass is 127. The summed E-state index contributed by atoms with van der Waals surface area (Å²) in [6.07, 6.45) is 3.60. The molecule has 22 heavy (non-hydrogen) atoms. The first-order chi connectivity index (χ1) is 10.1. The number of halogens is 2. The minimum absolute atomic E-state index is 0. The fourth-order valence-corrected chi connectivity index (χ4v) is 2.56. The van der Waals surface area contributed by atoms with Crippen molar-refractivity contribution in [3.63, 3.8) is 0 Å². The fourth-order valence-electron chi connectivity index (χ4n) is 1.99. The highest BCUT2D eigenvalue weighted by Crippen LogP contribution is 2.15. The molecule has 6 nitrogen and oxygen atoms in total. The van der Waals surface area contributed by atoms with Gasteiger partial charge in [-0.2, -0.15) is 0 Å². The van der Waals surface area contributed by atoms with E-state index in [1.807, 2.05) is 26.4 Å². The van der Waals surface area contributed by atoms with Gasteiger partial charge in [0.1, 0.15) is 12.0 Å². The lowest BCUT2D eigenvalue weighted by molar-refractivity contribution is 0.411. The van der Waals surface area contributed by atoms with Gasteiger partial charge < -0.3 is 19.3 Å². The average molecular weight is 482 g/mol. The molecule has 0 aliphatic rings. The van der Waals surface area contributed by atoms with Crippen molar-refractivity contribution >= 4 is 45.9 Å². The van der Waals surface area contributed by atoms with Crippen LogP contribution in [0.1, 0.15) is 18.3 Å². The Morgan fingerprint density at radius 2 is 2.32 bits per heavy atom. The minimum Gasteiger partial charge on any atom is -0.364 e. The SMILES string of the molecule is CCNC(=NCc1ccon1)N(C)Cc1cc(Br)cn1C.I. The van der Waals surface area contributed by atoms with Gasteiger partial charge in [-0.05, 0) is 28.9 Å². The molecule has 0 radical (unpaired) electrons. The molecule has 0 unspecified atom stereocenters. The van der Waals surface area contributed by atoms with Crippen LogP contribution in [0, 0.1) is 0 Å². The van der Waals surface area contributed by atoms with Crippen LogP contribution in [0.4, 0.5) is 0 Å². The first-order valence-electron chi connectivity index (χ1n) is 6.79. The summed E-state index contributed by atoms with van der Waals surface area (Å²) in [6.45, 7) is 4.14. The largest absolute Gasteiger partial charge is 0.364 e. The van der Waals surface area contributed by atoms with Gasteiger partial charge in [0.25, 0.3) is 0 Å². The van der Waals surface area contributed by atoms with Gasteiger partial charge in [-0.25, -0.2) is 4.99 Å². The van der Waals surface area contributed by atoms with Gasteiger partial charge in [0.05, 0.1) is 13.1 Å². The Balaban J connectivity index is 0.00000242. The van der Waals surface area contributed by atoms with Crippen molar-refractivity contribution in [3.05, 3.63) is 40.5 Å². The van der Waals surface area contributed by atoms with Crippen molar-refractivity contribution in [2.45, 2.75) is 20.0 Å². The van der Waals surface area contributed by atoms with Crippen LogP contribution in [-0.4, -0.2) is 34.2 Å². The van der Waals surface area contributed by atoms with E-state index in [0.29, 0.717) is 6.54 Å². The van der Waals surface area contributed by atoms with Crippen LogP contribution >= 0.6 is 39.9 Å². The number of aromatic nitrogens is 2. The molecule has 0 atom stereocenters. The summed E-state index contributed by atoms with van der Waals surface area (Å²) in [5.74, 6) is 0.845. The van der Waals surface area contributed by atoms with Crippen LogP contribution in [0.25, 0.3) is 0 Å². The Morgan fingerprint density at radius 1 is 1.55 bits per heavy atom. The summed E-state index contributed by atoms with van der Waals surface area (Å²) in [4.78, 5) is 6.67. The van der Waals surface area contributed by atoms with Crippen molar-refractivity contribution in [2.75, 3.05) is 13.6 Å². The molecule has 0 aliphatic heterocycles. The molecule has 0 amide bonds. The molecule has 2 aromatic rings. The zero-order valence-electron chi connectivity index (χ0n) is 12.9. The van der Waals surface area contributed by atoms with Gasteiger partial charge in [0.15, 0.2) is 5.96 Å². The number of hydrogen-bond donors (Lipinski definition) is 1. The Labute approximate surface area is 156 Å². The fraction of sp³-hybridized carbons (Fsp3) is 0.429. The zero-order valence-corrected chi connectivity index (χ0v) is 16.8. The first kappa shape index (κ1) is 19.0. The van der Waals surface area contributed by atoms with E-state index in [1.165, 1.54) is 5.69 Å². The third-order valence-corrected chi connectivity index (χ3v) is 3.49. The van der Waals surface area contributed by atoms with Gasteiger partial charge in [-0.1, -0.05) is 5.16 Å². The summed E-state index contributed by atoms with van der Waals surface area (Å²) in [6, 6.07) is 3.93. The molecule has 0 saturated carbocycles. The molecule has 8 heteroatoms. The van der Waals surface area contributed by atoms with Gasteiger partial charge >= 0.3 is 0 Å². The molecular formula is C14H21BrIN5O. The van der Waals surface area contributed by atoms with Crippen molar-refractivity contribution in [1.82, 2.24) is 19.9 Å². The molecule has 2 aromatic heterocycles. The highest BCUT2D eigenvalue weighted by molar-refractivity contribution is 14.0. The smallest absolute Gasteiger partial charge is 0.194 e. The molecule has 0 saturated heterocycles. The van der Waals surface area contributed by atoms with Gasteiger partial charge in [0.2, 0.25) is 0 Å². The van der Waals surface area contributed by atoms with E-state index in [1.54, 1.807) is 6.26 Å². The Kier molecular flexibility index (Phi) is 7.94. The molecule has 0 aromatic carbocycles. The van der Waals surface area contributed by atoms with Crippen molar-refractivity contribution in [2.24, 2.45) is 12.0 Å². The maximum Gasteiger partial charge on any atom is 0.194 e. The number of hydrogen-bond acceptors (Lipinski definition) is 3. The maximum absolute atomic E-state index is 4.82. The Hall–Kier alpha value is -1.03. The first-order valence-corrected chi connectivity index (χ1v) is 7.59. The lowest BCUT2D eigenvalue weighted by atomic mass is 10.4. The maximum atomic E-state index is 4.82. The van der Waals surface area contributed by atoms with Crippen LogP contribution in [-0.2, 0) is 20.1 Å². The quantitative estimate of drug-likeness (QED) is 0.405. The lowest BCUT2D eigenvalue weighted by Gasteiger charge is -2.22. The standard InChI is InChI=1S/C14H20BrN5O.HI/c1-4-16-14(17-8-12-5-6-21-18-12)20(3)10-13-7-11(15)9-19(13)2;/h5-7,9H,4,8,10H2,1-3H3,(H,16,17);1H. The molecule has 2 rings (SSSR count). The normalized spacial score (nSPS) is 11.2. The number of guanidine groups is 1. The summed E-state index contributed by atoms with van der Waals surface area (Å²) < 4.78 is 8.00. The number of aryl methyl sites for hydroxylation is 1. The van der Waals surface area contributed by atoms with E-state index < -0.39 is 0 Å². The van der Waals surface area contributed by atoms with Gasteiger partial charge in [0, 0.05) is 43.1 Å². The predicted molar refractivity (Wildman–Crippen MR) is 101 cm³/mol. The number of nitrogens with one attached hydrogen (secondary N) is 1. The van der Waals surface area contributed by atoms with Crippen LogP contribution in [0.3, 0.4) is 0 Å². The van der Waals surface area contributed by atoms with E-state index >= 15 is 0 Å². The molecule has 0 aliphatic carbocycles. The zero-order chi connectivity index (χ0) is 15.2. The van der Waals surface area contributed by atoms with E-state index in [9.17, 15) is 0 Å². The van der Waals surface area contributed by atoms with Gasteiger partial charge in [-0.3, -0.25) is 0 Å². The second-order valence-corrected chi connectivity index (χ2v) is 5.69. The molecule has 122 valence electrons. The summed E-state index contributed by atoms with van der Waals surface area (Å²) in [7, 11) is 4.05. The van der Waals surface area contributed by atoms with E-state index in [-0.39, 0.29) is 24.0 Å². The van der Waals surface area contributed by atoms with E-state index in [4.69, 9.17) is 4.52 Å². The molecule has 0 bridgehead atoms. The summed E-state index contributed by atoms with van der Waals surface area (Å²) in [5, 5.41) is 7.16. The molecular weight excluding hydrogens is 461 g/mol. The predicted octanol–water partition coefficient (Wildman–Crippen LogP) is 2.99. The number of aliphatic imine (C=N–C) groups is 1. The second-order valence-electron chi connectivity index (χ2n) is 4.78. The molecule has 1 N–H and O–H groups in total. The van der Waals surface area contributed by atoms with Crippen molar-refractivity contribution in [3.8, 4) is 0 Å². The summed E-state index contributed by atoms with van der Waals surface area (Å²) in [5.41, 5.74) is 2.02. The van der Waals surface area contributed by atoms with Crippen LogP contribution in [0.5, 0.6) is 0 Å². The highest BCUT2D eigenvalue weighted by Gasteiger charge is 2.09. The molecule has 2 heterocycles. The Bertz CT molecular complexity index is 596. The molecule has 0 fully saturated rings. The average Bonchev–Trinajstić information content (AvgIpc) is 3.05. The third-order valence-electron chi connectivity index (χ3n) is 3.05. The second kappa shape index (κ2) is 9.19. The number of nitrogens with zero attached hydrogens (tertiary/aromatic N) is 4. The Morgan fingerprint density at radius 3 is 2.86 bits per heavy atom. The van der Waals surface area contributed by atoms with Crippen LogP contribution in [0.15, 0.2) is 38.6 Å². The summed E-state index contributed by atoms with van der Waals surface area (Å²) >= 11 is 3.49. The number of rotatable bonds is 5. The lowest BCUT2D eigenvalue weighted by Crippen LogP contribution is -2.38. The molecule has 0 spiro atoms. The third kappa shape index (κ3) is 5.31.